The zero-order valence-electron chi connectivity index (χ0n) is 15.5. The summed E-state index contributed by atoms with van der Waals surface area (Å²) < 4.78 is 16.0. The molecule has 140 valence electrons. The van der Waals surface area contributed by atoms with E-state index in [0.29, 0.717) is 28.8 Å². The van der Waals surface area contributed by atoms with E-state index in [1.165, 1.54) is 0 Å². The fourth-order valence-electron chi connectivity index (χ4n) is 2.27. The van der Waals surface area contributed by atoms with Gasteiger partial charge in [-0.05, 0) is 26.0 Å². The molecule has 2 rings (SSSR count). The highest BCUT2D eigenvalue weighted by atomic mass is 16.5. The third kappa shape index (κ3) is 4.92. The molecule has 0 fully saturated rings. The topological polar surface area (TPSA) is 93.7 Å². The van der Waals surface area contributed by atoms with Crippen molar-refractivity contribution < 1.29 is 19.0 Å². The molecule has 0 bridgehead atoms. The molecule has 1 aromatic heterocycles. The number of aromatic nitrogens is 1. The fourth-order valence-corrected chi connectivity index (χ4v) is 2.27. The minimum Gasteiger partial charge on any atom is -0.493 e. The Balaban J connectivity index is 2.12. The van der Waals surface area contributed by atoms with Crippen LogP contribution in [0.2, 0.25) is 0 Å². The van der Waals surface area contributed by atoms with Crippen molar-refractivity contribution in [1.82, 2.24) is 10.3 Å². The standard InChI is InChI=1S/C18H24N4O4/c1-11(2)20-18(23)22-12-6-7-16(19-10-12)21-13-8-14(24-3)17(26-5)15(9-13)25-4/h6-11H,1-5H3,(H,19,21)(H2,20,22,23). The van der Waals surface area contributed by atoms with E-state index in [4.69, 9.17) is 14.2 Å². The van der Waals surface area contributed by atoms with Crippen molar-refractivity contribution in [3.63, 3.8) is 0 Å². The third-order valence-electron chi connectivity index (χ3n) is 3.38. The van der Waals surface area contributed by atoms with E-state index < -0.39 is 0 Å². The van der Waals surface area contributed by atoms with E-state index >= 15 is 0 Å². The fraction of sp³-hybridized carbons (Fsp3) is 0.333. The van der Waals surface area contributed by atoms with Crippen molar-refractivity contribution in [3.8, 4) is 17.2 Å². The normalized spacial score (nSPS) is 10.2. The summed E-state index contributed by atoms with van der Waals surface area (Å²) in [7, 11) is 4.67. The first-order valence-corrected chi connectivity index (χ1v) is 8.07. The molecule has 3 N–H and O–H groups in total. The van der Waals surface area contributed by atoms with Crippen LogP contribution in [-0.2, 0) is 0 Å². The lowest BCUT2D eigenvalue weighted by molar-refractivity contribution is 0.250. The van der Waals surface area contributed by atoms with Gasteiger partial charge in [-0.2, -0.15) is 0 Å². The molecule has 0 saturated carbocycles. The molecule has 2 aromatic rings. The smallest absolute Gasteiger partial charge is 0.319 e. The van der Waals surface area contributed by atoms with E-state index in [1.807, 2.05) is 13.8 Å². The van der Waals surface area contributed by atoms with Crippen molar-refractivity contribution in [3.05, 3.63) is 30.5 Å². The van der Waals surface area contributed by atoms with E-state index in [9.17, 15) is 4.79 Å². The Bertz CT molecular complexity index is 722. The number of nitrogens with zero attached hydrogens (tertiary/aromatic N) is 1. The van der Waals surface area contributed by atoms with E-state index in [0.717, 1.165) is 5.69 Å². The van der Waals surface area contributed by atoms with Crippen molar-refractivity contribution in [1.29, 1.82) is 0 Å². The summed E-state index contributed by atoms with van der Waals surface area (Å²) in [5.74, 6) is 2.20. The van der Waals surface area contributed by atoms with Gasteiger partial charge in [-0.1, -0.05) is 0 Å². The highest BCUT2D eigenvalue weighted by molar-refractivity contribution is 5.89. The maximum absolute atomic E-state index is 11.7. The number of ether oxygens (including phenoxy) is 3. The predicted octanol–water partition coefficient (Wildman–Crippen LogP) is 3.38. The van der Waals surface area contributed by atoms with E-state index in [2.05, 4.69) is 20.9 Å². The van der Waals surface area contributed by atoms with Crippen molar-refractivity contribution in [2.24, 2.45) is 0 Å². The number of nitrogens with one attached hydrogen (secondary N) is 3. The van der Waals surface area contributed by atoms with Crippen LogP contribution in [0.15, 0.2) is 30.5 Å². The second kappa shape index (κ2) is 8.80. The van der Waals surface area contributed by atoms with E-state index in [1.54, 1.807) is 51.8 Å². The van der Waals surface area contributed by atoms with Crippen LogP contribution in [0.3, 0.4) is 0 Å². The number of amides is 2. The molecule has 0 saturated heterocycles. The van der Waals surface area contributed by atoms with Gasteiger partial charge in [-0.3, -0.25) is 0 Å². The molecule has 8 heteroatoms. The first kappa shape index (κ1) is 19.2. The Morgan fingerprint density at radius 1 is 1.00 bits per heavy atom. The number of hydrogen-bond acceptors (Lipinski definition) is 6. The van der Waals surface area contributed by atoms with Crippen LogP contribution in [0.4, 0.5) is 22.0 Å². The summed E-state index contributed by atoms with van der Waals surface area (Å²) in [6.45, 7) is 3.78. The van der Waals surface area contributed by atoms with Crippen molar-refractivity contribution in [2.75, 3.05) is 32.0 Å². The molecule has 0 atom stereocenters. The monoisotopic (exact) mass is 360 g/mol. The Labute approximate surface area is 152 Å². The van der Waals surface area contributed by atoms with Gasteiger partial charge in [0.05, 0.1) is 33.2 Å². The average Bonchev–Trinajstić information content (AvgIpc) is 2.61. The Morgan fingerprint density at radius 2 is 1.65 bits per heavy atom. The largest absolute Gasteiger partial charge is 0.493 e. The van der Waals surface area contributed by atoms with Crippen LogP contribution in [0, 0.1) is 0 Å². The Morgan fingerprint density at radius 3 is 2.12 bits per heavy atom. The van der Waals surface area contributed by atoms with Gasteiger partial charge >= 0.3 is 6.03 Å². The van der Waals surface area contributed by atoms with Gasteiger partial charge in [0.1, 0.15) is 5.82 Å². The molecule has 0 aliphatic carbocycles. The summed E-state index contributed by atoms with van der Waals surface area (Å²) >= 11 is 0. The minimum atomic E-state index is -0.271. The van der Waals surface area contributed by atoms with Gasteiger partial charge in [0.25, 0.3) is 0 Å². The lowest BCUT2D eigenvalue weighted by Crippen LogP contribution is -2.34. The Hall–Kier alpha value is -3.16. The summed E-state index contributed by atoms with van der Waals surface area (Å²) in [6.07, 6.45) is 1.57. The van der Waals surface area contributed by atoms with Gasteiger partial charge in [0.15, 0.2) is 11.5 Å². The van der Waals surface area contributed by atoms with Crippen molar-refractivity contribution in [2.45, 2.75) is 19.9 Å². The number of methoxy groups -OCH3 is 3. The van der Waals surface area contributed by atoms with Gasteiger partial charge in [-0.25, -0.2) is 9.78 Å². The first-order chi connectivity index (χ1) is 12.5. The van der Waals surface area contributed by atoms with Crippen LogP contribution >= 0.6 is 0 Å². The first-order valence-electron chi connectivity index (χ1n) is 8.07. The van der Waals surface area contributed by atoms with Crippen LogP contribution in [-0.4, -0.2) is 38.4 Å². The zero-order chi connectivity index (χ0) is 19.1. The number of rotatable bonds is 7. The number of pyridine rings is 1. The second-order valence-corrected chi connectivity index (χ2v) is 5.72. The predicted molar refractivity (Wildman–Crippen MR) is 101 cm³/mol. The van der Waals surface area contributed by atoms with Crippen molar-refractivity contribution >= 4 is 23.2 Å². The lowest BCUT2D eigenvalue weighted by atomic mass is 10.2. The number of anilines is 3. The lowest BCUT2D eigenvalue weighted by Gasteiger charge is -2.15. The van der Waals surface area contributed by atoms with Crippen LogP contribution in [0.25, 0.3) is 0 Å². The summed E-state index contributed by atoms with van der Waals surface area (Å²) in [5.41, 5.74) is 1.32. The molecule has 1 heterocycles. The molecular weight excluding hydrogens is 336 g/mol. The minimum absolute atomic E-state index is 0.0592. The highest BCUT2D eigenvalue weighted by Gasteiger charge is 2.13. The molecule has 26 heavy (non-hydrogen) atoms. The molecule has 8 nitrogen and oxygen atoms in total. The average molecular weight is 360 g/mol. The molecule has 1 aromatic carbocycles. The summed E-state index contributed by atoms with van der Waals surface area (Å²) in [5, 5.41) is 8.63. The number of carbonyl (C=O) groups is 1. The van der Waals surface area contributed by atoms with Crippen LogP contribution in [0.5, 0.6) is 17.2 Å². The number of benzene rings is 1. The van der Waals surface area contributed by atoms with E-state index in [-0.39, 0.29) is 12.1 Å². The third-order valence-corrected chi connectivity index (χ3v) is 3.38. The summed E-state index contributed by atoms with van der Waals surface area (Å²) in [4.78, 5) is 16.0. The number of carbonyl (C=O) groups excluding carboxylic acids is 1. The molecule has 0 unspecified atom stereocenters. The van der Waals surface area contributed by atoms with Crippen LogP contribution < -0.4 is 30.2 Å². The molecular formula is C18H24N4O4. The molecule has 0 aliphatic heterocycles. The number of urea groups is 1. The Kier molecular flexibility index (Phi) is 6.48. The van der Waals surface area contributed by atoms with Gasteiger partial charge < -0.3 is 30.2 Å². The van der Waals surface area contributed by atoms with Gasteiger partial charge in [-0.15, -0.1) is 0 Å². The zero-order valence-corrected chi connectivity index (χ0v) is 15.5. The van der Waals surface area contributed by atoms with Gasteiger partial charge in [0.2, 0.25) is 5.75 Å². The van der Waals surface area contributed by atoms with Gasteiger partial charge in [0, 0.05) is 23.9 Å². The molecule has 2 amide bonds. The molecule has 0 spiro atoms. The second-order valence-electron chi connectivity index (χ2n) is 5.72. The highest BCUT2D eigenvalue weighted by Crippen LogP contribution is 2.40. The molecule has 0 radical (unpaired) electrons. The number of hydrogen-bond donors (Lipinski definition) is 3. The quantitative estimate of drug-likeness (QED) is 0.701. The maximum Gasteiger partial charge on any atom is 0.319 e. The van der Waals surface area contributed by atoms with Crippen LogP contribution in [0.1, 0.15) is 13.8 Å². The summed E-state index contributed by atoms with van der Waals surface area (Å²) in [6, 6.07) is 6.87. The SMILES string of the molecule is COc1cc(Nc2ccc(NC(=O)NC(C)C)cn2)cc(OC)c1OC. The molecule has 0 aliphatic rings. The maximum atomic E-state index is 11.7.